The molecule has 1 aromatic rings. The summed E-state index contributed by atoms with van der Waals surface area (Å²) >= 11 is 0. The Labute approximate surface area is 116 Å². The summed E-state index contributed by atoms with van der Waals surface area (Å²) in [5.41, 5.74) is 1.03. The third-order valence-electron chi connectivity index (χ3n) is 2.81. The van der Waals surface area contributed by atoms with Gasteiger partial charge in [0, 0.05) is 5.56 Å². The first-order chi connectivity index (χ1) is 9.67. The van der Waals surface area contributed by atoms with E-state index >= 15 is 0 Å². The Kier molecular flexibility index (Phi) is 4.14. The fourth-order valence-electron chi connectivity index (χ4n) is 1.80. The van der Waals surface area contributed by atoms with Crippen molar-refractivity contribution in [3.8, 4) is 0 Å². The Morgan fingerprint density at radius 2 is 1.75 bits per heavy atom. The number of nitrogens with zero attached hydrogens (tertiary/aromatic N) is 1. The summed E-state index contributed by atoms with van der Waals surface area (Å²) in [7, 11) is 2.50. The Balaban J connectivity index is 2.33. The molecule has 1 aliphatic rings. The van der Waals surface area contributed by atoms with Gasteiger partial charge in [-0.15, -0.1) is 0 Å². The van der Waals surface area contributed by atoms with Gasteiger partial charge in [0.25, 0.3) is 0 Å². The zero-order valence-electron chi connectivity index (χ0n) is 11.2. The van der Waals surface area contributed by atoms with E-state index < -0.39 is 11.9 Å². The molecule has 0 spiro atoms. The SMILES string of the molecule is COC(=O)C1=C(C(=O)OC)NC(c2ccccc2)=NC1. The second-order valence-electron chi connectivity index (χ2n) is 3.99. The molecule has 20 heavy (non-hydrogen) atoms. The highest BCUT2D eigenvalue weighted by molar-refractivity contribution is 6.09. The van der Waals surface area contributed by atoms with Crippen molar-refractivity contribution in [2.24, 2.45) is 4.99 Å². The highest BCUT2D eigenvalue weighted by Crippen LogP contribution is 2.14. The smallest absolute Gasteiger partial charge is 0.355 e. The lowest BCUT2D eigenvalue weighted by atomic mass is 10.1. The van der Waals surface area contributed by atoms with E-state index in [2.05, 4.69) is 19.8 Å². The van der Waals surface area contributed by atoms with Gasteiger partial charge in [-0.05, 0) is 0 Å². The van der Waals surface area contributed by atoms with Crippen LogP contribution < -0.4 is 5.32 Å². The molecular weight excluding hydrogens is 260 g/mol. The van der Waals surface area contributed by atoms with Crippen molar-refractivity contribution in [2.45, 2.75) is 0 Å². The van der Waals surface area contributed by atoms with Crippen molar-refractivity contribution in [3.63, 3.8) is 0 Å². The second-order valence-corrected chi connectivity index (χ2v) is 3.99. The number of hydrogen-bond acceptors (Lipinski definition) is 6. The first-order valence-electron chi connectivity index (χ1n) is 5.94. The molecule has 6 nitrogen and oxygen atoms in total. The van der Waals surface area contributed by atoms with Crippen molar-refractivity contribution < 1.29 is 19.1 Å². The van der Waals surface area contributed by atoms with Gasteiger partial charge in [0.15, 0.2) is 0 Å². The number of carbonyl (C=O) groups is 2. The van der Waals surface area contributed by atoms with Crippen LogP contribution in [0.5, 0.6) is 0 Å². The second kappa shape index (κ2) is 6.01. The number of esters is 2. The number of rotatable bonds is 3. The van der Waals surface area contributed by atoms with Gasteiger partial charge in [0.2, 0.25) is 0 Å². The molecule has 1 N–H and O–H groups in total. The van der Waals surface area contributed by atoms with Gasteiger partial charge >= 0.3 is 11.9 Å². The third kappa shape index (κ3) is 2.69. The van der Waals surface area contributed by atoms with E-state index in [1.807, 2.05) is 30.3 Å². The summed E-state index contributed by atoms with van der Waals surface area (Å²) in [6, 6.07) is 9.30. The first-order valence-corrected chi connectivity index (χ1v) is 5.94. The highest BCUT2D eigenvalue weighted by atomic mass is 16.5. The molecule has 0 aromatic heterocycles. The fraction of sp³-hybridized carbons (Fsp3) is 0.214. The first kappa shape index (κ1) is 13.8. The fourth-order valence-corrected chi connectivity index (χ4v) is 1.80. The minimum Gasteiger partial charge on any atom is -0.466 e. The van der Waals surface area contributed by atoms with E-state index in [-0.39, 0.29) is 17.8 Å². The van der Waals surface area contributed by atoms with Gasteiger partial charge in [-0.1, -0.05) is 30.3 Å². The summed E-state index contributed by atoms with van der Waals surface area (Å²) in [5.74, 6) is -0.721. The van der Waals surface area contributed by atoms with E-state index in [0.717, 1.165) is 5.56 Å². The zero-order chi connectivity index (χ0) is 14.5. The van der Waals surface area contributed by atoms with E-state index in [1.54, 1.807) is 0 Å². The Hall–Kier alpha value is -2.63. The maximum Gasteiger partial charge on any atom is 0.355 e. The molecule has 0 atom stereocenters. The monoisotopic (exact) mass is 274 g/mol. The zero-order valence-corrected chi connectivity index (χ0v) is 11.2. The van der Waals surface area contributed by atoms with E-state index in [4.69, 9.17) is 0 Å². The Morgan fingerprint density at radius 1 is 1.10 bits per heavy atom. The van der Waals surface area contributed by atoms with E-state index in [0.29, 0.717) is 5.84 Å². The molecular formula is C14H14N2O4. The summed E-state index contributed by atoms with van der Waals surface area (Å²) in [6.07, 6.45) is 0. The van der Waals surface area contributed by atoms with Crippen molar-refractivity contribution in [1.29, 1.82) is 0 Å². The van der Waals surface area contributed by atoms with Crippen LogP contribution in [0.25, 0.3) is 0 Å². The predicted molar refractivity (Wildman–Crippen MR) is 72.0 cm³/mol. The van der Waals surface area contributed by atoms with Gasteiger partial charge in [0.1, 0.15) is 11.5 Å². The van der Waals surface area contributed by atoms with E-state index in [9.17, 15) is 9.59 Å². The third-order valence-corrected chi connectivity index (χ3v) is 2.81. The van der Waals surface area contributed by atoms with Crippen LogP contribution in [0, 0.1) is 0 Å². The summed E-state index contributed by atoms with van der Waals surface area (Å²) in [5, 5.41) is 2.84. The van der Waals surface area contributed by atoms with Gasteiger partial charge in [0.05, 0.1) is 26.3 Å². The lowest BCUT2D eigenvalue weighted by Gasteiger charge is -2.19. The normalized spacial score (nSPS) is 14.2. The van der Waals surface area contributed by atoms with Crippen molar-refractivity contribution in [2.75, 3.05) is 20.8 Å². The average molecular weight is 274 g/mol. The Bertz CT molecular complexity index is 590. The lowest BCUT2D eigenvalue weighted by Crippen LogP contribution is -2.36. The van der Waals surface area contributed by atoms with Crippen LogP contribution in [-0.4, -0.2) is 38.5 Å². The van der Waals surface area contributed by atoms with Crippen LogP contribution in [0.1, 0.15) is 5.56 Å². The van der Waals surface area contributed by atoms with Crippen LogP contribution in [-0.2, 0) is 19.1 Å². The number of methoxy groups -OCH3 is 2. The number of carbonyl (C=O) groups excluding carboxylic acids is 2. The molecule has 0 aliphatic carbocycles. The summed E-state index contributed by atoms with van der Waals surface area (Å²) in [6.45, 7) is 0.0638. The topological polar surface area (TPSA) is 77.0 Å². The average Bonchev–Trinajstić information content (AvgIpc) is 2.53. The van der Waals surface area contributed by atoms with Crippen LogP contribution in [0.4, 0.5) is 0 Å². The molecule has 1 heterocycles. The number of amidine groups is 1. The molecule has 0 radical (unpaired) electrons. The summed E-state index contributed by atoms with van der Waals surface area (Å²) < 4.78 is 9.32. The molecule has 0 saturated carbocycles. The molecule has 0 unspecified atom stereocenters. The van der Waals surface area contributed by atoms with Gasteiger partial charge in [-0.25, -0.2) is 9.59 Å². The van der Waals surface area contributed by atoms with Crippen molar-refractivity contribution >= 4 is 17.8 Å². The van der Waals surface area contributed by atoms with Crippen molar-refractivity contribution in [1.82, 2.24) is 5.32 Å². The quantitative estimate of drug-likeness (QED) is 0.818. The highest BCUT2D eigenvalue weighted by Gasteiger charge is 2.27. The van der Waals surface area contributed by atoms with Crippen molar-refractivity contribution in [3.05, 3.63) is 47.2 Å². The maximum atomic E-state index is 11.8. The van der Waals surface area contributed by atoms with Gasteiger partial charge in [-0.3, -0.25) is 4.99 Å². The van der Waals surface area contributed by atoms with Crippen LogP contribution in [0.2, 0.25) is 0 Å². The standard InChI is InChI=1S/C14H14N2O4/c1-19-13(17)10-8-15-12(9-6-4-3-5-7-9)16-11(10)14(18)20-2/h3-7H,8H2,1-2H3,(H,15,16). The maximum absolute atomic E-state index is 11.8. The number of ether oxygens (including phenoxy) is 2. The predicted octanol–water partition coefficient (Wildman–Crippen LogP) is 0.636. The van der Waals surface area contributed by atoms with Crippen LogP contribution in [0.15, 0.2) is 46.6 Å². The molecule has 0 bridgehead atoms. The molecule has 104 valence electrons. The number of benzene rings is 1. The lowest BCUT2D eigenvalue weighted by molar-refractivity contribution is -0.139. The molecule has 0 fully saturated rings. The number of hydrogen-bond donors (Lipinski definition) is 1. The molecule has 0 amide bonds. The minimum absolute atomic E-state index is 0.0632. The van der Waals surface area contributed by atoms with E-state index in [1.165, 1.54) is 14.2 Å². The largest absolute Gasteiger partial charge is 0.466 e. The number of nitrogens with one attached hydrogen (secondary N) is 1. The van der Waals surface area contributed by atoms with Gasteiger partial charge < -0.3 is 14.8 Å². The minimum atomic E-state index is -0.631. The molecule has 0 saturated heterocycles. The van der Waals surface area contributed by atoms with Gasteiger partial charge in [-0.2, -0.15) is 0 Å². The molecule has 2 rings (SSSR count). The number of aliphatic imine (C=N–C) groups is 1. The van der Waals surface area contributed by atoms with Crippen LogP contribution >= 0.6 is 0 Å². The Morgan fingerprint density at radius 3 is 2.35 bits per heavy atom. The molecule has 6 heteroatoms. The molecule has 1 aliphatic heterocycles. The van der Waals surface area contributed by atoms with Crippen LogP contribution in [0.3, 0.4) is 0 Å². The summed E-state index contributed by atoms with van der Waals surface area (Å²) in [4.78, 5) is 27.7. The molecule has 1 aromatic carbocycles.